The van der Waals surface area contributed by atoms with E-state index in [9.17, 15) is 25.8 Å². The smallest absolute Gasteiger partial charge is 0.239 e. The summed E-state index contributed by atoms with van der Waals surface area (Å²) in [5.41, 5.74) is -6.02. The van der Waals surface area contributed by atoms with Gasteiger partial charge in [-0.2, -0.15) is 12.0 Å². The number of alkyl halides is 3. The van der Waals surface area contributed by atoms with Crippen molar-refractivity contribution in [1.29, 1.82) is 0 Å². The van der Waals surface area contributed by atoms with Gasteiger partial charge in [-0.05, 0) is 5.87 Å². The maximum Gasteiger partial charge on any atom is 0.315 e. The lowest BCUT2D eigenvalue weighted by molar-refractivity contribution is 0.145. The molecule has 0 saturated carbocycles. The van der Waals surface area contributed by atoms with Gasteiger partial charge in [-0.25, -0.2) is 17.4 Å². The van der Waals surface area contributed by atoms with Crippen molar-refractivity contribution in [3.05, 3.63) is 0 Å². The van der Waals surface area contributed by atoms with Gasteiger partial charge in [0.25, 0.3) is 5.50 Å². The highest BCUT2D eigenvalue weighted by Crippen LogP contribution is 2.30. The van der Waals surface area contributed by atoms with E-state index in [1.165, 1.54) is 0 Å². The van der Waals surface area contributed by atoms with Crippen LogP contribution in [-0.4, -0.2) is 35.7 Å². The predicted octanol–water partition coefficient (Wildman–Crippen LogP) is -0.0929. The average molecular weight is 238 g/mol. The predicted molar refractivity (Wildman–Crippen MR) is 40.0 cm³/mol. The van der Waals surface area contributed by atoms with E-state index in [0.29, 0.717) is 0 Å². The number of halogens is 3. The van der Waals surface area contributed by atoms with E-state index in [1.54, 1.807) is 0 Å². The molecule has 0 amide bonds. The Hall–Kier alpha value is -0.280. The standard InChI is InChI=1S/C4H5F3O4S2/c1-12(8)3(6)2(5)4(7)13(9,10)11-12/h2-4H,1H2. The van der Waals surface area contributed by atoms with Crippen molar-refractivity contribution in [3.63, 3.8) is 0 Å². The van der Waals surface area contributed by atoms with Crippen LogP contribution in [0.1, 0.15) is 0 Å². The van der Waals surface area contributed by atoms with Crippen LogP contribution in [0.3, 0.4) is 0 Å². The monoisotopic (exact) mass is 238 g/mol. The molecule has 0 aliphatic carbocycles. The van der Waals surface area contributed by atoms with Crippen molar-refractivity contribution in [2.75, 3.05) is 0 Å². The topological polar surface area (TPSA) is 60.4 Å². The summed E-state index contributed by atoms with van der Waals surface area (Å²) in [6.07, 6.45) is -3.02. The van der Waals surface area contributed by atoms with Gasteiger partial charge in [0.2, 0.25) is 5.50 Å². The quantitative estimate of drug-likeness (QED) is 0.553. The molecule has 1 aliphatic rings. The molecule has 1 heterocycles. The van der Waals surface area contributed by atoms with Gasteiger partial charge >= 0.3 is 10.1 Å². The third-order valence-electron chi connectivity index (χ3n) is 1.33. The van der Waals surface area contributed by atoms with Crippen LogP contribution in [-0.2, 0) is 23.6 Å². The van der Waals surface area contributed by atoms with Gasteiger partial charge in [-0.1, -0.05) is 0 Å². The molecule has 0 N–H and O–H groups in total. The fourth-order valence-electron chi connectivity index (χ4n) is 0.712. The Morgan fingerprint density at radius 2 is 1.54 bits per heavy atom. The van der Waals surface area contributed by atoms with Crippen LogP contribution < -0.4 is 0 Å². The molecule has 4 unspecified atom stereocenters. The molecule has 0 aromatic rings. The zero-order valence-corrected chi connectivity index (χ0v) is 7.66. The van der Waals surface area contributed by atoms with Gasteiger partial charge in [-0.15, -0.1) is 0 Å². The van der Waals surface area contributed by atoms with Crippen molar-refractivity contribution in [2.24, 2.45) is 0 Å². The molecule has 0 aromatic carbocycles. The molecule has 0 bridgehead atoms. The Balaban J connectivity index is 3.23. The van der Waals surface area contributed by atoms with Crippen LogP contribution in [0.4, 0.5) is 13.2 Å². The highest BCUT2D eigenvalue weighted by atomic mass is 32.3. The first kappa shape index (κ1) is 10.8. The van der Waals surface area contributed by atoms with E-state index in [0.717, 1.165) is 0 Å². The highest BCUT2D eigenvalue weighted by Gasteiger charge is 2.51. The summed E-state index contributed by atoms with van der Waals surface area (Å²) in [6, 6.07) is 0. The molecule has 0 radical (unpaired) electrons. The third-order valence-corrected chi connectivity index (χ3v) is 4.77. The largest absolute Gasteiger partial charge is 0.315 e. The molecule has 4 atom stereocenters. The first-order valence-corrected chi connectivity index (χ1v) is 6.10. The first-order valence-electron chi connectivity index (χ1n) is 2.91. The molecule has 0 aromatic heterocycles. The molecule has 1 aliphatic heterocycles. The van der Waals surface area contributed by atoms with E-state index in [1.807, 2.05) is 0 Å². The van der Waals surface area contributed by atoms with E-state index >= 15 is 0 Å². The zero-order valence-electron chi connectivity index (χ0n) is 6.02. The summed E-state index contributed by atoms with van der Waals surface area (Å²) in [5, 5.41) is 0. The Morgan fingerprint density at radius 3 is 2.00 bits per heavy atom. The molecular weight excluding hydrogens is 233 g/mol. The van der Waals surface area contributed by atoms with Crippen molar-refractivity contribution in [3.8, 4) is 0 Å². The van der Waals surface area contributed by atoms with Crippen LogP contribution in [0.25, 0.3) is 0 Å². The summed E-state index contributed by atoms with van der Waals surface area (Å²) in [6.45, 7) is 0. The summed E-state index contributed by atoms with van der Waals surface area (Å²) < 4.78 is 73.0. The molecule has 1 saturated heterocycles. The van der Waals surface area contributed by atoms with E-state index in [2.05, 4.69) is 9.50 Å². The Kier molecular flexibility index (Phi) is 2.37. The maximum absolute atomic E-state index is 12.6. The minimum atomic E-state index is -4.97. The second-order valence-electron chi connectivity index (χ2n) is 2.37. The lowest BCUT2D eigenvalue weighted by atomic mass is 10.5. The van der Waals surface area contributed by atoms with Crippen LogP contribution in [0.15, 0.2) is 0 Å². The van der Waals surface area contributed by atoms with Gasteiger partial charge in [-0.3, -0.25) is 0 Å². The number of hydrogen-bond acceptors (Lipinski definition) is 4. The Morgan fingerprint density at radius 1 is 1.08 bits per heavy atom. The summed E-state index contributed by atoms with van der Waals surface area (Å²) >= 11 is 0. The van der Waals surface area contributed by atoms with Gasteiger partial charge in [0, 0.05) is 0 Å². The van der Waals surface area contributed by atoms with Crippen LogP contribution in [0.5, 0.6) is 0 Å². The van der Waals surface area contributed by atoms with Crippen LogP contribution >= 0.6 is 0 Å². The second kappa shape index (κ2) is 2.85. The minimum absolute atomic E-state index is 2.54. The normalized spacial score (nSPS) is 50.2. The molecule has 1 fully saturated rings. The third kappa shape index (κ3) is 1.67. The molecular formula is C4H5F3O4S2. The summed E-state index contributed by atoms with van der Waals surface area (Å²) in [7, 11) is -9.19. The van der Waals surface area contributed by atoms with Crippen molar-refractivity contribution >= 4 is 25.8 Å². The van der Waals surface area contributed by atoms with Gasteiger partial charge in [0.05, 0.1) is 0 Å². The fraction of sp³-hybridized carbons (Fsp3) is 0.750. The average Bonchev–Trinajstić information content (AvgIpc) is 1.96. The summed E-state index contributed by atoms with van der Waals surface area (Å²) in [5.74, 6) is 2.54. The molecule has 13 heavy (non-hydrogen) atoms. The Labute approximate surface area is 73.0 Å². The summed E-state index contributed by atoms with van der Waals surface area (Å²) in [4.78, 5) is 0. The van der Waals surface area contributed by atoms with Crippen molar-refractivity contribution in [1.82, 2.24) is 0 Å². The maximum atomic E-state index is 12.6. The van der Waals surface area contributed by atoms with Gasteiger partial charge in [0.15, 0.2) is 6.17 Å². The van der Waals surface area contributed by atoms with E-state index < -0.39 is 37.1 Å². The highest BCUT2D eigenvalue weighted by molar-refractivity contribution is 8.06. The van der Waals surface area contributed by atoms with E-state index in [4.69, 9.17) is 0 Å². The number of hydrogen-bond donors (Lipinski definition) is 0. The molecule has 4 nitrogen and oxygen atoms in total. The molecule has 0 spiro atoms. The fourth-order valence-corrected chi connectivity index (χ4v) is 3.69. The SMILES string of the molecule is C=S1(=O)OS(=O)(=O)C(F)C(F)C1F. The van der Waals surface area contributed by atoms with Crippen LogP contribution in [0, 0.1) is 0 Å². The van der Waals surface area contributed by atoms with E-state index in [-0.39, 0.29) is 0 Å². The zero-order chi connectivity index (χ0) is 10.4. The minimum Gasteiger partial charge on any atom is -0.239 e. The van der Waals surface area contributed by atoms with Gasteiger partial charge < -0.3 is 0 Å². The molecule has 78 valence electrons. The van der Waals surface area contributed by atoms with Gasteiger partial charge in [0.1, 0.15) is 9.80 Å². The van der Waals surface area contributed by atoms with Crippen molar-refractivity contribution < 1.29 is 29.4 Å². The first-order chi connectivity index (χ1) is 5.68. The number of rotatable bonds is 0. The second-order valence-corrected chi connectivity index (χ2v) is 6.13. The lowest BCUT2D eigenvalue weighted by Crippen LogP contribution is -2.46. The van der Waals surface area contributed by atoms with Crippen molar-refractivity contribution in [2.45, 2.75) is 17.2 Å². The molecule has 1 rings (SSSR count). The lowest BCUT2D eigenvalue weighted by Gasteiger charge is -2.25. The van der Waals surface area contributed by atoms with Crippen LogP contribution in [0.2, 0.25) is 0 Å². The Bertz CT molecular complexity index is 361. The molecule has 9 heteroatoms.